The molecule has 4 nitrogen and oxygen atoms in total. The van der Waals surface area contributed by atoms with Gasteiger partial charge in [0, 0.05) is 18.6 Å². The Morgan fingerprint density at radius 1 is 1.39 bits per heavy atom. The van der Waals surface area contributed by atoms with E-state index in [-0.39, 0.29) is 5.97 Å². The molecular weight excluding hydrogens is 230 g/mol. The number of carbonyl (C=O) groups excluding carboxylic acids is 1. The van der Waals surface area contributed by atoms with Crippen LogP contribution in [-0.2, 0) is 23.0 Å². The number of nitrogens with zero attached hydrogens (tertiary/aromatic N) is 1. The number of ether oxygens (including phenoxy) is 2. The standard InChI is InChI=1S/C14H17NO3/c1-4-18-13(16)8-10-9-15(2)14-11(10)6-5-7-12(14)17-3/h5-7,9H,4,8H2,1-3H3. The molecular formula is C14H17NO3. The molecule has 0 spiro atoms. The van der Waals surface area contributed by atoms with Crippen molar-refractivity contribution >= 4 is 16.9 Å². The molecule has 0 N–H and O–H groups in total. The molecule has 0 saturated carbocycles. The van der Waals surface area contributed by atoms with Gasteiger partial charge in [-0.05, 0) is 18.6 Å². The highest BCUT2D eigenvalue weighted by molar-refractivity contribution is 5.91. The van der Waals surface area contributed by atoms with Crippen LogP contribution in [0.25, 0.3) is 10.9 Å². The number of para-hydroxylation sites is 1. The van der Waals surface area contributed by atoms with Crippen LogP contribution in [0.3, 0.4) is 0 Å². The van der Waals surface area contributed by atoms with E-state index in [2.05, 4.69) is 0 Å². The number of aryl methyl sites for hydroxylation is 1. The molecule has 0 unspecified atom stereocenters. The summed E-state index contributed by atoms with van der Waals surface area (Å²) >= 11 is 0. The third-order valence-corrected chi connectivity index (χ3v) is 2.91. The predicted molar refractivity (Wildman–Crippen MR) is 69.8 cm³/mol. The van der Waals surface area contributed by atoms with Crippen molar-refractivity contribution in [1.29, 1.82) is 0 Å². The summed E-state index contributed by atoms with van der Waals surface area (Å²) in [6, 6.07) is 5.83. The number of hydrogen-bond donors (Lipinski definition) is 0. The van der Waals surface area contributed by atoms with Crippen molar-refractivity contribution in [2.24, 2.45) is 7.05 Å². The predicted octanol–water partition coefficient (Wildman–Crippen LogP) is 2.29. The van der Waals surface area contributed by atoms with Crippen LogP contribution < -0.4 is 4.74 Å². The molecule has 0 bridgehead atoms. The molecule has 0 saturated heterocycles. The Hall–Kier alpha value is -1.97. The van der Waals surface area contributed by atoms with Crippen LogP contribution in [0.4, 0.5) is 0 Å². The molecule has 2 aromatic rings. The lowest BCUT2D eigenvalue weighted by Crippen LogP contribution is -2.07. The highest BCUT2D eigenvalue weighted by Gasteiger charge is 2.13. The first-order chi connectivity index (χ1) is 8.67. The first-order valence-corrected chi connectivity index (χ1v) is 5.94. The van der Waals surface area contributed by atoms with Crippen molar-refractivity contribution in [3.8, 4) is 5.75 Å². The number of rotatable bonds is 4. The van der Waals surface area contributed by atoms with Gasteiger partial charge in [0.2, 0.25) is 0 Å². The zero-order chi connectivity index (χ0) is 13.1. The van der Waals surface area contributed by atoms with E-state index in [1.54, 1.807) is 7.11 Å². The minimum Gasteiger partial charge on any atom is -0.495 e. The van der Waals surface area contributed by atoms with Crippen LogP contribution in [0.5, 0.6) is 5.75 Å². The Morgan fingerprint density at radius 3 is 2.83 bits per heavy atom. The third kappa shape index (κ3) is 2.18. The third-order valence-electron chi connectivity index (χ3n) is 2.91. The molecule has 0 aliphatic carbocycles. The van der Waals surface area contributed by atoms with Crippen molar-refractivity contribution in [2.45, 2.75) is 13.3 Å². The van der Waals surface area contributed by atoms with Crippen LogP contribution in [0.1, 0.15) is 12.5 Å². The van der Waals surface area contributed by atoms with Gasteiger partial charge >= 0.3 is 5.97 Å². The smallest absolute Gasteiger partial charge is 0.310 e. The van der Waals surface area contributed by atoms with Crippen molar-refractivity contribution in [2.75, 3.05) is 13.7 Å². The molecule has 18 heavy (non-hydrogen) atoms. The molecule has 1 aromatic heterocycles. The molecule has 0 atom stereocenters. The summed E-state index contributed by atoms with van der Waals surface area (Å²) in [5, 5.41) is 1.03. The van der Waals surface area contributed by atoms with Gasteiger partial charge in [-0.15, -0.1) is 0 Å². The van der Waals surface area contributed by atoms with Crippen molar-refractivity contribution < 1.29 is 14.3 Å². The lowest BCUT2D eigenvalue weighted by molar-refractivity contribution is -0.142. The number of carbonyl (C=O) groups is 1. The zero-order valence-corrected chi connectivity index (χ0v) is 10.9. The van der Waals surface area contributed by atoms with Crippen molar-refractivity contribution in [1.82, 2.24) is 4.57 Å². The highest BCUT2D eigenvalue weighted by atomic mass is 16.5. The minimum absolute atomic E-state index is 0.201. The van der Waals surface area contributed by atoms with Gasteiger partial charge in [-0.1, -0.05) is 12.1 Å². The monoisotopic (exact) mass is 247 g/mol. The fourth-order valence-electron chi connectivity index (χ4n) is 2.19. The molecule has 1 heterocycles. The minimum atomic E-state index is -0.201. The topological polar surface area (TPSA) is 40.5 Å². The van der Waals surface area contributed by atoms with E-state index in [0.29, 0.717) is 13.0 Å². The zero-order valence-electron chi connectivity index (χ0n) is 10.9. The number of aromatic nitrogens is 1. The lowest BCUT2D eigenvalue weighted by atomic mass is 10.1. The fraction of sp³-hybridized carbons (Fsp3) is 0.357. The van der Waals surface area contributed by atoms with Crippen LogP contribution in [0.15, 0.2) is 24.4 Å². The van der Waals surface area contributed by atoms with E-state index in [0.717, 1.165) is 22.2 Å². The van der Waals surface area contributed by atoms with E-state index in [1.165, 1.54) is 0 Å². The molecule has 2 rings (SSSR count). The van der Waals surface area contributed by atoms with Crippen molar-refractivity contribution in [3.05, 3.63) is 30.0 Å². The van der Waals surface area contributed by atoms with Gasteiger partial charge in [0.1, 0.15) is 5.75 Å². The van der Waals surface area contributed by atoms with E-state index in [9.17, 15) is 4.79 Å². The van der Waals surface area contributed by atoms with Crippen LogP contribution >= 0.6 is 0 Å². The van der Waals surface area contributed by atoms with Crippen LogP contribution in [-0.4, -0.2) is 24.3 Å². The summed E-state index contributed by atoms with van der Waals surface area (Å²) in [4.78, 5) is 11.6. The van der Waals surface area contributed by atoms with Crippen LogP contribution in [0.2, 0.25) is 0 Å². The van der Waals surface area contributed by atoms with Crippen LogP contribution in [0, 0.1) is 0 Å². The number of benzene rings is 1. The first-order valence-electron chi connectivity index (χ1n) is 5.94. The molecule has 4 heteroatoms. The average molecular weight is 247 g/mol. The number of hydrogen-bond acceptors (Lipinski definition) is 3. The second-order valence-electron chi connectivity index (χ2n) is 4.10. The van der Waals surface area contributed by atoms with Crippen molar-refractivity contribution in [3.63, 3.8) is 0 Å². The summed E-state index contributed by atoms with van der Waals surface area (Å²) in [6.07, 6.45) is 2.24. The average Bonchev–Trinajstić information content (AvgIpc) is 2.67. The maximum absolute atomic E-state index is 11.6. The van der Waals surface area contributed by atoms with E-state index >= 15 is 0 Å². The van der Waals surface area contributed by atoms with Gasteiger partial charge in [0.15, 0.2) is 0 Å². The Morgan fingerprint density at radius 2 is 2.17 bits per heavy atom. The molecule has 0 amide bonds. The molecule has 0 aliphatic rings. The summed E-state index contributed by atoms with van der Waals surface area (Å²) in [5.74, 6) is 0.609. The summed E-state index contributed by atoms with van der Waals surface area (Å²) in [6.45, 7) is 2.22. The molecule has 0 aliphatic heterocycles. The first kappa shape index (κ1) is 12.5. The van der Waals surface area contributed by atoms with Gasteiger partial charge in [0.05, 0.1) is 25.7 Å². The second-order valence-corrected chi connectivity index (χ2v) is 4.10. The van der Waals surface area contributed by atoms with E-state index < -0.39 is 0 Å². The molecule has 0 radical (unpaired) electrons. The SMILES string of the molecule is CCOC(=O)Cc1cn(C)c2c(OC)cccc12. The fourth-order valence-corrected chi connectivity index (χ4v) is 2.19. The van der Waals surface area contributed by atoms with Gasteiger partial charge in [-0.3, -0.25) is 4.79 Å². The van der Waals surface area contributed by atoms with E-state index in [1.807, 2.05) is 42.9 Å². The number of fused-ring (bicyclic) bond motifs is 1. The number of esters is 1. The quantitative estimate of drug-likeness (QED) is 0.778. The van der Waals surface area contributed by atoms with Gasteiger partial charge in [-0.2, -0.15) is 0 Å². The second kappa shape index (κ2) is 5.12. The Labute approximate surface area is 106 Å². The van der Waals surface area contributed by atoms with Gasteiger partial charge < -0.3 is 14.0 Å². The maximum atomic E-state index is 11.6. The number of methoxy groups -OCH3 is 1. The van der Waals surface area contributed by atoms with E-state index in [4.69, 9.17) is 9.47 Å². The molecule has 0 fully saturated rings. The largest absolute Gasteiger partial charge is 0.495 e. The molecule has 1 aromatic carbocycles. The Bertz CT molecular complexity index is 572. The lowest BCUT2D eigenvalue weighted by Gasteiger charge is -2.04. The Balaban J connectivity index is 2.44. The maximum Gasteiger partial charge on any atom is 0.310 e. The molecule has 96 valence electrons. The summed E-state index contributed by atoms with van der Waals surface area (Å²) < 4.78 is 12.3. The normalized spacial score (nSPS) is 10.6. The summed E-state index contributed by atoms with van der Waals surface area (Å²) in [7, 11) is 3.59. The summed E-state index contributed by atoms with van der Waals surface area (Å²) in [5.41, 5.74) is 1.96. The van der Waals surface area contributed by atoms with Gasteiger partial charge in [0.25, 0.3) is 0 Å². The highest BCUT2D eigenvalue weighted by Crippen LogP contribution is 2.29. The Kier molecular flexibility index (Phi) is 3.55. The van der Waals surface area contributed by atoms with Gasteiger partial charge in [-0.25, -0.2) is 0 Å².